The van der Waals surface area contributed by atoms with Crippen LogP contribution in [0.25, 0.3) is 0 Å². The maximum absolute atomic E-state index is 13.7. The van der Waals surface area contributed by atoms with Gasteiger partial charge in [0.2, 0.25) is 11.8 Å². The SMILES string of the molecule is CNC(=O)[C@@H](C)N(Cc1ccccc1)C(=O)CN(c1cccc(C)c1)S(=O)(=O)c1ccc(Cl)cc1. The van der Waals surface area contributed by atoms with Crippen LogP contribution in [0.5, 0.6) is 0 Å². The predicted molar refractivity (Wildman–Crippen MR) is 138 cm³/mol. The van der Waals surface area contributed by atoms with E-state index < -0.39 is 28.5 Å². The Bertz CT molecular complexity index is 1280. The van der Waals surface area contributed by atoms with Gasteiger partial charge in [-0.05, 0) is 61.4 Å². The number of nitrogens with zero attached hydrogens (tertiary/aromatic N) is 2. The molecule has 0 saturated carbocycles. The lowest BCUT2D eigenvalue weighted by atomic mass is 10.1. The van der Waals surface area contributed by atoms with E-state index in [1.807, 2.05) is 43.3 Å². The van der Waals surface area contributed by atoms with Crippen LogP contribution in [-0.4, -0.2) is 44.8 Å². The fourth-order valence-electron chi connectivity index (χ4n) is 3.62. The van der Waals surface area contributed by atoms with Crippen LogP contribution in [0.15, 0.2) is 83.8 Å². The third kappa shape index (κ3) is 6.41. The van der Waals surface area contributed by atoms with E-state index in [1.165, 1.54) is 36.2 Å². The molecular weight excluding hydrogens is 486 g/mol. The molecule has 0 saturated heterocycles. The molecule has 1 atom stereocenters. The molecule has 0 aliphatic heterocycles. The quantitative estimate of drug-likeness (QED) is 0.468. The molecule has 0 aliphatic carbocycles. The second-order valence-electron chi connectivity index (χ2n) is 8.10. The molecule has 3 rings (SSSR count). The van der Waals surface area contributed by atoms with Crippen LogP contribution >= 0.6 is 11.6 Å². The summed E-state index contributed by atoms with van der Waals surface area (Å²) >= 11 is 5.95. The number of benzene rings is 3. The third-order valence-corrected chi connectivity index (χ3v) is 7.62. The molecule has 1 N–H and O–H groups in total. The number of sulfonamides is 1. The van der Waals surface area contributed by atoms with Crippen LogP contribution in [0.3, 0.4) is 0 Å². The molecule has 0 heterocycles. The lowest BCUT2D eigenvalue weighted by Gasteiger charge is -2.31. The average molecular weight is 514 g/mol. The number of rotatable bonds is 9. The zero-order valence-corrected chi connectivity index (χ0v) is 21.4. The van der Waals surface area contributed by atoms with Gasteiger partial charge >= 0.3 is 0 Å². The molecular formula is C26H28ClN3O4S. The summed E-state index contributed by atoms with van der Waals surface area (Å²) in [5.74, 6) is -0.860. The summed E-state index contributed by atoms with van der Waals surface area (Å²) in [6.07, 6.45) is 0. The molecule has 9 heteroatoms. The van der Waals surface area contributed by atoms with E-state index in [2.05, 4.69) is 5.32 Å². The number of halogens is 1. The molecule has 0 aliphatic rings. The van der Waals surface area contributed by atoms with E-state index in [9.17, 15) is 18.0 Å². The van der Waals surface area contributed by atoms with Gasteiger partial charge < -0.3 is 10.2 Å². The summed E-state index contributed by atoms with van der Waals surface area (Å²) in [6, 6.07) is 21.1. The second-order valence-corrected chi connectivity index (χ2v) is 10.4. The van der Waals surface area contributed by atoms with Crippen molar-refractivity contribution in [2.24, 2.45) is 0 Å². The van der Waals surface area contributed by atoms with Gasteiger partial charge in [0.25, 0.3) is 10.0 Å². The van der Waals surface area contributed by atoms with E-state index >= 15 is 0 Å². The predicted octanol–water partition coefficient (Wildman–Crippen LogP) is 4.01. The van der Waals surface area contributed by atoms with Crippen molar-refractivity contribution in [1.82, 2.24) is 10.2 Å². The lowest BCUT2D eigenvalue weighted by molar-refractivity contribution is -0.139. The maximum Gasteiger partial charge on any atom is 0.264 e. The van der Waals surface area contributed by atoms with Crippen molar-refractivity contribution in [2.45, 2.75) is 31.3 Å². The van der Waals surface area contributed by atoms with Crippen LogP contribution in [0, 0.1) is 6.92 Å². The van der Waals surface area contributed by atoms with Gasteiger partial charge in [0, 0.05) is 18.6 Å². The Balaban J connectivity index is 2.02. The first-order valence-corrected chi connectivity index (χ1v) is 12.8. The molecule has 35 heavy (non-hydrogen) atoms. The Hall–Kier alpha value is -3.36. The molecule has 0 bridgehead atoms. The Morgan fingerprint density at radius 3 is 2.23 bits per heavy atom. The van der Waals surface area contributed by atoms with Crippen LogP contribution < -0.4 is 9.62 Å². The van der Waals surface area contributed by atoms with Gasteiger partial charge in [-0.3, -0.25) is 13.9 Å². The normalized spacial score (nSPS) is 12.0. The van der Waals surface area contributed by atoms with E-state index in [4.69, 9.17) is 11.6 Å². The number of amides is 2. The van der Waals surface area contributed by atoms with Crippen LogP contribution in [0.4, 0.5) is 5.69 Å². The minimum absolute atomic E-state index is 0.00478. The van der Waals surface area contributed by atoms with E-state index in [0.29, 0.717) is 10.7 Å². The largest absolute Gasteiger partial charge is 0.357 e. The highest BCUT2D eigenvalue weighted by Crippen LogP contribution is 2.26. The standard InChI is InChI=1S/C26H28ClN3O4S/c1-19-8-7-11-23(16-19)30(35(33,34)24-14-12-22(27)13-15-24)18-25(31)29(20(2)26(32)28-3)17-21-9-5-4-6-10-21/h4-16,20H,17-18H2,1-3H3,(H,28,32)/t20-/m1/s1. The first kappa shape index (κ1) is 26.2. The van der Waals surface area contributed by atoms with Gasteiger partial charge in [-0.15, -0.1) is 0 Å². The molecule has 3 aromatic carbocycles. The zero-order valence-electron chi connectivity index (χ0n) is 19.8. The monoisotopic (exact) mass is 513 g/mol. The second kappa shape index (κ2) is 11.4. The summed E-state index contributed by atoms with van der Waals surface area (Å²) in [6.45, 7) is 3.12. The van der Waals surface area contributed by atoms with Crippen molar-refractivity contribution in [1.29, 1.82) is 0 Å². The number of carbonyl (C=O) groups excluding carboxylic acids is 2. The summed E-state index contributed by atoms with van der Waals surface area (Å²) in [5.41, 5.74) is 2.01. The number of anilines is 1. The Labute approximate surface area is 211 Å². The molecule has 2 amide bonds. The number of nitrogens with one attached hydrogen (secondary N) is 1. The summed E-state index contributed by atoms with van der Waals surface area (Å²) in [4.78, 5) is 27.5. The summed E-state index contributed by atoms with van der Waals surface area (Å²) in [5, 5.41) is 2.96. The molecule has 184 valence electrons. The number of hydrogen-bond acceptors (Lipinski definition) is 4. The Kier molecular flexibility index (Phi) is 8.53. The van der Waals surface area contributed by atoms with Gasteiger partial charge in [-0.25, -0.2) is 8.42 Å². The third-order valence-electron chi connectivity index (χ3n) is 5.58. The lowest BCUT2D eigenvalue weighted by Crippen LogP contribution is -2.50. The Morgan fingerprint density at radius 1 is 0.971 bits per heavy atom. The molecule has 0 aromatic heterocycles. The van der Waals surface area contributed by atoms with Gasteiger partial charge in [0.15, 0.2) is 0 Å². The highest BCUT2D eigenvalue weighted by atomic mass is 35.5. The molecule has 0 fully saturated rings. The van der Waals surface area contributed by atoms with Crippen LogP contribution in [0.2, 0.25) is 5.02 Å². The fraction of sp³-hybridized carbons (Fsp3) is 0.231. The Morgan fingerprint density at radius 2 is 1.63 bits per heavy atom. The minimum Gasteiger partial charge on any atom is -0.357 e. The van der Waals surface area contributed by atoms with Gasteiger partial charge in [0.05, 0.1) is 10.6 Å². The minimum atomic E-state index is -4.11. The molecule has 3 aromatic rings. The average Bonchev–Trinajstić information content (AvgIpc) is 2.85. The van der Waals surface area contributed by atoms with Crippen molar-refractivity contribution in [3.05, 3.63) is 95.0 Å². The zero-order chi connectivity index (χ0) is 25.6. The van der Waals surface area contributed by atoms with Crippen molar-refractivity contribution in [3.63, 3.8) is 0 Å². The smallest absolute Gasteiger partial charge is 0.264 e. The topological polar surface area (TPSA) is 86.8 Å². The summed E-state index contributed by atoms with van der Waals surface area (Å²) in [7, 11) is -2.62. The highest BCUT2D eigenvalue weighted by molar-refractivity contribution is 7.92. The molecule has 0 radical (unpaired) electrons. The van der Waals surface area contributed by atoms with E-state index in [1.54, 1.807) is 25.1 Å². The van der Waals surface area contributed by atoms with E-state index in [-0.39, 0.29) is 17.3 Å². The fourth-order valence-corrected chi connectivity index (χ4v) is 5.15. The molecule has 0 unspecified atom stereocenters. The van der Waals surface area contributed by atoms with Gasteiger partial charge in [-0.1, -0.05) is 54.1 Å². The van der Waals surface area contributed by atoms with Crippen LogP contribution in [0.1, 0.15) is 18.1 Å². The van der Waals surface area contributed by atoms with Crippen molar-refractivity contribution < 1.29 is 18.0 Å². The number of hydrogen-bond donors (Lipinski definition) is 1. The number of carbonyl (C=O) groups is 2. The molecule has 7 nitrogen and oxygen atoms in total. The highest BCUT2D eigenvalue weighted by Gasteiger charge is 2.32. The van der Waals surface area contributed by atoms with Gasteiger partial charge in [-0.2, -0.15) is 0 Å². The summed E-state index contributed by atoms with van der Waals surface area (Å²) < 4.78 is 28.4. The van der Waals surface area contributed by atoms with Gasteiger partial charge in [0.1, 0.15) is 12.6 Å². The van der Waals surface area contributed by atoms with Crippen molar-refractivity contribution >= 4 is 39.1 Å². The molecule has 0 spiro atoms. The first-order chi connectivity index (χ1) is 16.6. The number of aryl methyl sites for hydroxylation is 1. The maximum atomic E-state index is 13.7. The van der Waals surface area contributed by atoms with Crippen molar-refractivity contribution in [3.8, 4) is 0 Å². The van der Waals surface area contributed by atoms with Crippen molar-refractivity contribution in [2.75, 3.05) is 17.9 Å². The van der Waals surface area contributed by atoms with E-state index in [0.717, 1.165) is 15.4 Å². The first-order valence-electron chi connectivity index (χ1n) is 11.0. The van der Waals surface area contributed by atoms with Crippen LogP contribution in [-0.2, 0) is 26.2 Å². The number of likely N-dealkylation sites (N-methyl/N-ethyl adjacent to an activating group) is 1.